The highest BCUT2D eigenvalue weighted by atomic mass is 16.5. The predicted octanol–water partition coefficient (Wildman–Crippen LogP) is 3.91. The molecule has 1 aliphatic heterocycles. The molecule has 6 heteroatoms. The minimum Gasteiger partial charge on any atom is -0.455 e. The molecule has 0 bridgehead atoms. The van der Waals surface area contributed by atoms with Gasteiger partial charge in [-0.15, -0.1) is 0 Å². The van der Waals surface area contributed by atoms with Crippen molar-refractivity contribution in [1.29, 1.82) is 0 Å². The Labute approximate surface area is 183 Å². The minimum atomic E-state index is -0.570. The van der Waals surface area contributed by atoms with Crippen molar-refractivity contribution in [3.63, 3.8) is 0 Å². The molecule has 1 N–H and O–H groups in total. The van der Waals surface area contributed by atoms with E-state index in [1.54, 1.807) is 4.90 Å². The van der Waals surface area contributed by atoms with Gasteiger partial charge < -0.3 is 15.0 Å². The number of carbonyl (C=O) groups excluding carboxylic acids is 3. The maximum absolute atomic E-state index is 12.5. The number of ether oxygens (including phenoxy) is 1. The van der Waals surface area contributed by atoms with Gasteiger partial charge in [0.25, 0.3) is 5.91 Å². The van der Waals surface area contributed by atoms with Crippen LogP contribution in [0.3, 0.4) is 0 Å². The predicted molar refractivity (Wildman–Crippen MR) is 121 cm³/mol. The van der Waals surface area contributed by atoms with E-state index >= 15 is 0 Å². The van der Waals surface area contributed by atoms with Gasteiger partial charge in [0, 0.05) is 24.3 Å². The van der Waals surface area contributed by atoms with Crippen LogP contribution in [0.1, 0.15) is 43.9 Å². The van der Waals surface area contributed by atoms with Crippen molar-refractivity contribution in [2.45, 2.75) is 46.5 Å². The van der Waals surface area contributed by atoms with Gasteiger partial charge in [0.05, 0.1) is 5.92 Å². The van der Waals surface area contributed by atoms with Crippen LogP contribution >= 0.6 is 0 Å². The molecule has 164 valence electrons. The summed E-state index contributed by atoms with van der Waals surface area (Å²) in [5.74, 6) is -1.56. The summed E-state index contributed by atoms with van der Waals surface area (Å²) in [5.41, 5.74) is 4.79. The highest BCUT2D eigenvalue weighted by Gasteiger charge is 2.37. The highest BCUT2D eigenvalue weighted by Crippen LogP contribution is 2.29. The number of carbonyl (C=O) groups is 3. The lowest BCUT2D eigenvalue weighted by atomic mass is 10.0. The number of anilines is 2. The second kappa shape index (κ2) is 10.2. The van der Waals surface area contributed by atoms with Gasteiger partial charge in [0.1, 0.15) is 0 Å². The topological polar surface area (TPSA) is 75.7 Å². The smallest absolute Gasteiger partial charge is 0.311 e. The Morgan fingerprint density at radius 3 is 2.23 bits per heavy atom. The zero-order chi connectivity index (χ0) is 22.4. The Bertz CT molecular complexity index is 947. The van der Waals surface area contributed by atoms with Gasteiger partial charge in [-0.05, 0) is 42.0 Å². The number of hydrogen-bond acceptors (Lipinski definition) is 4. The lowest BCUT2D eigenvalue weighted by Crippen LogP contribution is -2.29. The number of esters is 1. The van der Waals surface area contributed by atoms with E-state index in [1.165, 1.54) is 0 Å². The summed E-state index contributed by atoms with van der Waals surface area (Å²) < 4.78 is 5.27. The second-order valence-corrected chi connectivity index (χ2v) is 7.70. The molecule has 1 saturated heterocycles. The first-order valence-corrected chi connectivity index (χ1v) is 10.9. The summed E-state index contributed by atoms with van der Waals surface area (Å²) in [4.78, 5) is 39.1. The fraction of sp³-hybridized carbons (Fsp3) is 0.400. The average Bonchev–Trinajstić information content (AvgIpc) is 3.18. The van der Waals surface area contributed by atoms with Crippen LogP contribution in [-0.2, 0) is 38.4 Å². The van der Waals surface area contributed by atoms with Crippen LogP contribution in [0.5, 0.6) is 0 Å². The molecule has 6 nitrogen and oxygen atoms in total. The molecule has 0 radical (unpaired) electrons. The Kier molecular flexibility index (Phi) is 7.45. The van der Waals surface area contributed by atoms with Crippen molar-refractivity contribution in [3.05, 3.63) is 59.2 Å². The van der Waals surface area contributed by atoms with Gasteiger partial charge in [0.2, 0.25) is 5.91 Å². The van der Waals surface area contributed by atoms with Gasteiger partial charge in [-0.3, -0.25) is 14.4 Å². The number of benzene rings is 2. The summed E-state index contributed by atoms with van der Waals surface area (Å²) in [6.07, 6.45) is 2.48. The van der Waals surface area contributed by atoms with Crippen LogP contribution in [0.4, 0.5) is 11.4 Å². The van der Waals surface area contributed by atoms with Crippen LogP contribution < -0.4 is 10.2 Å². The average molecular weight is 423 g/mol. The molecule has 0 spiro atoms. The number of hydrogen-bond donors (Lipinski definition) is 1. The molecule has 1 aliphatic rings. The monoisotopic (exact) mass is 422 g/mol. The van der Waals surface area contributed by atoms with Crippen molar-refractivity contribution in [2.24, 2.45) is 5.92 Å². The van der Waals surface area contributed by atoms with E-state index in [1.807, 2.05) is 63.2 Å². The summed E-state index contributed by atoms with van der Waals surface area (Å²) in [6, 6.07) is 13.6. The molecule has 0 aromatic heterocycles. The molecule has 0 unspecified atom stereocenters. The first-order chi connectivity index (χ1) is 15.0. The van der Waals surface area contributed by atoms with E-state index in [4.69, 9.17) is 4.74 Å². The van der Waals surface area contributed by atoms with Crippen molar-refractivity contribution in [3.8, 4) is 0 Å². The van der Waals surface area contributed by atoms with E-state index in [0.717, 1.165) is 47.3 Å². The maximum atomic E-state index is 12.5. The molecule has 31 heavy (non-hydrogen) atoms. The van der Waals surface area contributed by atoms with Crippen LogP contribution in [0, 0.1) is 5.92 Å². The number of nitrogens with one attached hydrogen (secondary N) is 1. The number of aryl methyl sites for hydroxylation is 3. The van der Waals surface area contributed by atoms with E-state index in [2.05, 4.69) is 5.32 Å². The van der Waals surface area contributed by atoms with Gasteiger partial charge in [-0.2, -0.15) is 0 Å². The standard InChI is InChI=1S/C25H30N2O4/c1-4-17-10-7-8-13-21(17)27-15-20(14-23(27)29)25(30)31-16-22(28)26-24-18(5-2)11-9-12-19(24)6-3/h7-13,20H,4-6,14-16H2,1-3H3,(H,26,28)/t20-/m0/s1. The molecule has 0 saturated carbocycles. The summed E-state index contributed by atoms with van der Waals surface area (Å²) in [6.45, 7) is 6.00. The quantitative estimate of drug-likeness (QED) is 0.655. The molecular weight excluding hydrogens is 392 g/mol. The van der Waals surface area contributed by atoms with Gasteiger partial charge in [0.15, 0.2) is 6.61 Å². The lowest BCUT2D eigenvalue weighted by molar-refractivity contribution is -0.151. The molecule has 3 rings (SSSR count). The molecule has 2 aromatic carbocycles. The van der Waals surface area contributed by atoms with Gasteiger partial charge >= 0.3 is 5.97 Å². The molecule has 1 fully saturated rings. The fourth-order valence-electron chi connectivity index (χ4n) is 4.00. The summed E-state index contributed by atoms with van der Waals surface area (Å²) >= 11 is 0. The van der Waals surface area contributed by atoms with E-state index < -0.39 is 11.9 Å². The number of para-hydroxylation sites is 2. The van der Waals surface area contributed by atoms with Crippen molar-refractivity contribution >= 4 is 29.2 Å². The first-order valence-electron chi connectivity index (χ1n) is 10.9. The largest absolute Gasteiger partial charge is 0.455 e. The molecule has 0 aliphatic carbocycles. The van der Waals surface area contributed by atoms with E-state index in [0.29, 0.717) is 0 Å². The highest BCUT2D eigenvalue weighted by molar-refractivity contribution is 6.00. The molecular formula is C25H30N2O4. The van der Waals surface area contributed by atoms with Crippen LogP contribution in [-0.4, -0.2) is 30.9 Å². The minimum absolute atomic E-state index is 0.0944. The Morgan fingerprint density at radius 2 is 1.58 bits per heavy atom. The molecule has 1 atom stereocenters. The Balaban J connectivity index is 1.59. The van der Waals surface area contributed by atoms with Crippen molar-refractivity contribution < 1.29 is 19.1 Å². The SMILES string of the molecule is CCc1ccccc1N1C[C@@H](C(=O)OCC(=O)Nc2c(CC)cccc2CC)CC1=O. The third kappa shape index (κ3) is 5.13. The van der Waals surface area contributed by atoms with E-state index in [9.17, 15) is 14.4 Å². The Hall–Kier alpha value is -3.15. The van der Waals surface area contributed by atoms with Crippen molar-refractivity contribution in [2.75, 3.05) is 23.4 Å². The maximum Gasteiger partial charge on any atom is 0.311 e. The van der Waals surface area contributed by atoms with Gasteiger partial charge in [-0.1, -0.05) is 57.2 Å². The summed E-state index contributed by atoms with van der Waals surface area (Å²) in [5, 5.41) is 2.89. The zero-order valence-electron chi connectivity index (χ0n) is 18.4. The van der Waals surface area contributed by atoms with Gasteiger partial charge in [-0.25, -0.2) is 0 Å². The second-order valence-electron chi connectivity index (χ2n) is 7.70. The normalized spacial score (nSPS) is 15.8. The number of amides is 2. The van der Waals surface area contributed by atoms with Crippen LogP contribution in [0.2, 0.25) is 0 Å². The third-order valence-electron chi connectivity index (χ3n) is 5.73. The molecule has 2 amide bonds. The number of nitrogens with zero attached hydrogens (tertiary/aromatic N) is 1. The fourth-order valence-corrected chi connectivity index (χ4v) is 4.00. The van der Waals surface area contributed by atoms with E-state index in [-0.39, 0.29) is 31.4 Å². The molecule has 1 heterocycles. The molecule has 2 aromatic rings. The van der Waals surface area contributed by atoms with Crippen molar-refractivity contribution in [1.82, 2.24) is 0 Å². The zero-order valence-corrected chi connectivity index (χ0v) is 18.4. The van der Waals surface area contributed by atoms with Crippen LogP contribution in [0.25, 0.3) is 0 Å². The number of rotatable bonds is 8. The first kappa shape index (κ1) is 22.5. The van der Waals surface area contributed by atoms with Crippen LogP contribution in [0.15, 0.2) is 42.5 Å². The Morgan fingerprint density at radius 1 is 0.968 bits per heavy atom. The lowest BCUT2D eigenvalue weighted by Gasteiger charge is -2.19. The summed E-state index contributed by atoms with van der Waals surface area (Å²) in [7, 11) is 0. The third-order valence-corrected chi connectivity index (χ3v) is 5.73.